The van der Waals surface area contributed by atoms with Gasteiger partial charge in [0.2, 0.25) is 10.0 Å². The largest absolute Gasteiger partial charge is 0.326 e. The minimum absolute atomic E-state index is 0.0326. The minimum Gasteiger partial charge on any atom is -0.326 e. The number of rotatable bonds is 7. The fourth-order valence-corrected chi connectivity index (χ4v) is 3.40. The summed E-state index contributed by atoms with van der Waals surface area (Å²) >= 11 is 1.67. The van der Waals surface area contributed by atoms with Crippen LogP contribution in [-0.2, 0) is 16.6 Å². The van der Waals surface area contributed by atoms with Gasteiger partial charge in [0.15, 0.2) is 0 Å². The van der Waals surface area contributed by atoms with E-state index in [4.69, 9.17) is 5.73 Å². The lowest BCUT2D eigenvalue weighted by molar-refractivity contribution is 0.571. The van der Waals surface area contributed by atoms with Crippen LogP contribution in [-0.4, -0.2) is 26.5 Å². The van der Waals surface area contributed by atoms with E-state index in [0.717, 1.165) is 6.42 Å². The average molecular weight is 320 g/mol. The number of sulfonamides is 1. The molecule has 0 radical (unpaired) electrons. The van der Waals surface area contributed by atoms with Crippen LogP contribution in [0.5, 0.6) is 0 Å². The van der Waals surface area contributed by atoms with Crippen LogP contribution < -0.4 is 10.5 Å². The Bertz CT molecular complexity index is 562. The third-order valence-corrected chi connectivity index (χ3v) is 5.75. The van der Waals surface area contributed by atoms with Gasteiger partial charge >= 0.3 is 0 Å². The summed E-state index contributed by atoms with van der Waals surface area (Å²) in [5, 5.41) is 0.367. The Morgan fingerprint density at radius 3 is 2.65 bits per heavy atom. The van der Waals surface area contributed by atoms with Gasteiger partial charge in [0.1, 0.15) is 5.82 Å². The molecular weight excluding hydrogens is 299 g/mol. The normalized spacial score (nSPS) is 13.4. The molecule has 0 saturated carbocycles. The summed E-state index contributed by atoms with van der Waals surface area (Å²) in [6, 6.07) is 2.70. The van der Waals surface area contributed by atoms with Gasteiger partial charge in [-0.2, -0.15) is 11.8 Å². The first-order chi connectivity index (χ1) is 9.31. The Morgan fingerprint density at radius 1 is 1.45 bits per heavy atom. The van der Waals surface area contributed by atoms with E-state index < -0.39 is 15.8 Å². The molecule has 0 saturated heterocycles. The van der Waals surface area contributed by atoms with Gasteiger partial charge in [-0.15, -0.1) is 0 Å². The summed E-state index contributed by atoms with van der Waals surface area (Å²) in [5.74, 6) is -0.550. The van der Waals surface area contributed by atoms with Crippen LogP contribution in [0.3, 0.4) is 0 Å². The van der Waals surface area contributed by atoms with Crippen LogP contribution in [0.4, 0.5) is 4.39 Å². The lowest BCUT2D eigenvalue weighted by Crippen LogP contribution is -2.27. The molecule has 4 nitrogen and oxygen atoms in total. The average Bonchev–Trinajstić information content (AvgIpc) is 2.40. The summed E-state index contributed by atoms with van der Waals surface area (Å²) < 4.78 is 40.7. The molecule has 3 N–H and O–H groups in total. The van der Waals surface area contributed by atoms with Crippen molar-refractivity contribution in [2.75, 3.05) is 12.8 Å². The molecule has 0 heterocycles. The number of nitrogens with two attached hydrogens (primary N) is 1. The van der Waals surface area contributed by atoms with Crippen molar-refractivity contribution in [3.63, 3.8) is 0 Å². The summed E-state index contributed by atoms with van der Waals surface area (Å²) in [4.78, 5) is -0.0326. The van der Waals surface area contributed by atoms with Crippen molar-refractivity contribution in [2.24, 2.45) is 5.73 Å². The Labute approximate surface area is 124 Å². The molecule has 0 aliphatic heterocycles. The van der Waals surface area contributed by atoms with Gasteiger partial charge in [0.05, 0.1) is 4.90 Å². The van der Waals surface area contributed by atoms with E-state index in [1.807, 2.05) is 13.2 Å². The summed E-state index contributed by atoms with van der Waals surface area (Å²) in [6.45, 7) is 3.91. The second kappa shape index (κ2) is 7.40. The summed E-state index contributed by atoms with van der Waals surface area (Å²) in [5.41, 5.74) is 6.04. The number of nitrogens with one attached hydrogen (secondary N) is 1. The van der Waals surface area contributed by atoms with Gasteiger partial charge in [-0.05, 0) is 37.3 Å². The zero-order valence-corrected chi connectivity index (χ0v) is 13.6. The molecule has 0 amide bonds. The molecule has 0 aliphatic rings. The van der Waals surface area contributed by atoms with Gasteiger partial charge < -0.3 is 5.73 Å². The highest BCUT2D eigenvalue weighted by Gasteiger charge is 2.19. The highest BCUT2D eigenvalue weighted by atomic mass is 32.2. The Hall–Kier alpha value is -0.630. The van der Waals surface area contributed by atoms with E-state index in [1.54, 1.807) is 11.8 Å². The SMILES string of the molecule is CSC(C)CCNS(=O)(=O)c1cc(CN)cc(F)c1C. The van der Waals surface area contributed by atoms with E-state index in [1.165, 1.54) is 19.1 Å². The monoisotopic (exact) mass is 320 g/mol. The lowest BCUT2D eigenvalue weighted by Gasteiger charge is -2.13. The molecule has 20 heavy (non-hydrogen) atoms. The third kappa shape index (κ3) is 4.44. The Balaban J connectivity index is 2.95. The predicted molar refractivity (Wildman–Crippen MR) is 81.8 cm³/mol. The molecule has 0 fully saturated rings. The van der Waals surface area contributed by atoms with Crippen LogP contribution in [0.15, 0.2) is 17.0 Å². The van der Waals surface area contributed by atoms with Gasteiger partial charge in [-0.25, -0.2) is 17.5 Å². The first-order valence-electron chi connectivity index (χ1n) is 6.33. The molecule has 0 bridgehead atoms. The fourth-order valence-electron chi connectivity index (χ4n) is 1.70. The second-order valence-corrected chi connectivity index (χ2v) is 7.65. The Morgan fingerprint density at radius 2 is 2.10 bits per heavy atom. The quantitative estimate of drug-likeness (QED) is 0.806. The van der Waals surface area contributed by atoms with Gasteiger partial charge in [0.25, 0.3) is 0 Å². The molecule has 7 heteroatoms. The minimum atomic E-state index is -3.70. The maximum absolute atomic E-state index is 13.7. The zero-order chi connectivity index (χ0) is 15.3. The molecule has 1 aromatic rings. The molecule has 1 aromatic carbocycles. The van der Waals surface area contributed by atoms with Crippen molar-refractivity contribution in [1.29, 1.82) is 0 Å². The van der Waals surface area contributed by atoms with Crippen molar-refractivity contribution < 1.29 is 12.8 Å². The van der Waals surface area contributed by atoms with Crippen molar-refractivity contribution >= 4 is 21.8 Å². The standard InChI is InChI=1S/C13H21FN2O2S2/c1-9(19-3)4-5-16-20(17,18)13-7-11(8-15)6-12(14)10(13)2/h6-7,9,16H,4-5,8,15H2,1-3H3. The van der Waals surface area contributed by atoms with Gasteiger partial charge in [0, 0.05) is 23.9 Å². The first kappa shape index (κ1) is 17.4. The molecule has 1 unspecified atom stereocenters. The van der Waals surface area contributed by atoms with Crippen LogP contribution in [0, 0.1) is 12.7 Å². The number of benzene rings is 1. The van der Waals surface area contributed by atoms with E-state index in [0.29, 0.717) is 17.4 Å². The number of thioether (sulfide) groups is 1. The number of hydrogen-bond acceptors (Lipinski definition) is 4. The molecule has 1 atom stereocenters. The van der Waals surface area contributed by atoms with Gasteiger partial charge in [-0.1, -0.05) is 6.92 Å². The van der Waals surface area contributed by atoms with Gasteiger partial charge in [-0.3, -0.25) is 0 Å². The molecule has 0 aliphatic carbocycles. The Kier molecular flexibility index (Phi) is 6.44. The van der Waals surface area contributed by atoms with Crippen molar-refractivity contribution in [3.8, 4) is 0 Å². The van der Waals surface area contributed by atoms with E-state index in [-0.39, 0.29) is 17.0 Å². The van der Waals surface area contributed by atoms with Crippen LogP contribution in [0.1, 0.15) is 24.5 Å². The lowest BCUT2D eigenvalue weighted by atomic mass is 10.1. The summed E-state index contributed by atoms with van der Waals surface area (Å²) in [7, 11) is -3.70. The topological polar surface area (TPSA) is 72.2 Å². The maximum atomic E-state index is 13.7. The van der Waals surface area contributed by atoms with E-state index >= 15 is 0 Å². The molecule has 114 valence electrons. The van der Waals surface area contributed by atoms with Crippen LogP contribution >= 0.6 is 11.8 Å². The smallest absolute Gasteiger partial charge is 0.240 e. The molecular formula is C13H21FN2O2S2. The van der Waals surface area contributed by atoms with E-state index in [9.17, 15) is 12.8 Å². The molecule has 1 rings (SSSR count). The van der Waals surface area contributed by atoms with E-state index in [2.05, 4.69) is 4.72 Å². The molecule has 0 spiro atoms. The van der Waals surface area contributed by atoms with Crippen molar-refractivity contribution in [3.05, 3.63) is 29.1 Å². The zero-order valence-electron chi connectivity index (χ0n) is 11.9. The maximum Gasteiger partial charge on any atom is 0.240 e. The highest BCUT2D eigenvalue weighted by Crippen LogP contribution is 2.20. The number of halogens is 1. The third-order valence-electron chi connectivity index (χ3n) is 3.13. The van der Waals surface area contributed by atoms with Crippen LogP contribution in [0.2, 0.25) is 0 Å². The molecule has 0 aromatic heterocycles. The van der Waals surface area contributed by atoms with Crippen LogP contribution in [0.25, 0.3) is 0 Å². The predicted octanol–water partition coefficient (Wildman–Crippen LogP) is 2.01. The summed E-state index contributed by atoms with van der Waals surface area (Å²) in [6.07, 6.45) is 2.70. The van der Waals surface area contributed by atoms with Crippen molar-refractivity contribution in [2.45, 2.75) is 37.0 Å². The highest BCUT2D eigenvalue weighted by molar-refractivity contribution is 7.99. The first-order valence-corrected chi connectivity index (χ1v) is 9.10. The fraction of sp³-hybridized carbons (Fsp3) is 0.538. The van der Waals surface area contributed by atoms with Crippen molar-refractivity contribution in [1.82, 2.24) is 4.72 Å². The number of hydrogen-bond donors (Lipinski definition) is 2. The second-order valence-electron chi connectivity index (χ2n) is 4.64.